The van der Waals surface area contributed by atoms with Crippen molar-refractivity contribution in [2.45, 2.75) is 19.2 Å². The highest BCUT2D eigenvalue weighted by molar-refractivity contribution is 7.18. The Morgan fingerprint density at radius 3 is 2.79 bits per heavy atom. The third-order valence-corrected chi connectivity index (χ3v) is 6.76. The molecule has 1 atom stereocenters. The fourth-order valence-corrected chi connectivity index (χ4v) is 4.90. The van der Waals surface area contributed by atoms with Gasteiger partial charge >= 0.3 is 0 Å². The summed E-state index contributed by atoms with van der Waals surface area (Å²) in [4.78, 5) is 29.5. The maximum atomic E-state index is 13.1. The number of aryl methyl sites for hydroxylation is 1. The zero-order valence-corrected chi connectivity index (χ0v) is 19.8. The van der Waals surface area contributed by atoms with Crippen molar-refractivity contribution in [1.82, 2.24) is 25.0 Å². The molecule has 8 nitrogen and oxygen atoms in total. The van der Waals surface area contributed by atoms with Crippen molar-refractivity contribution in [2.24, 2.45) is 7.05 Å². The lowest BCUT2D eigenvalue weighted by atomic mass is 10.2. The molecule has 1 amide bonds. The number of aromatic nitrogens is 3. The maximum Gasteiger partial charge on any atom is 0.257 e. The van der Waals surface area contributed by atoms with Crippen LogP contribution in [0.5, 0.6) is 0 Å². The Kier molecular flexibility index (Phi) is 6.94. The lowest BCUT2D eigenvalue weighted by Gasteiger charge is -2.18. The summed E-state index contributed by atoms with van der Waals surface area (Å²) in [5, 5.41) is 20.9. The Hall–Kier alpha value is -2.98. The first-order valence-electron chi connectivity index (χ1n) is 10.3. The van der Waals surface area contributed by atoms with Gasteiger partial charge in [0.2, 0.25) is 5.43 Å². The summed E-state index contributed by atoms with van der Waals surface area (Å²) in [6, 6.07) is 10.7. The van der Waals surface area contributed by atoms with Crippen molar-refractivity contribution >= 4 is 39.1 Å². The molecule has 10 heteroatoms. The molecule has 33 heavy (non-hydrogen) atoms. The van der Waals surface area contributed by atoms with E-state index < -0.39 is 12.0 Å². The number of rotatable bonds is 8. The molecule has 172 valence electrons. The molecule has 1 unspecified atom stereocenters. The molecule has 3 N–H and O–H groups in total. The van der Waals surface area contributed by atoms with Gasteiger partial charge in [-0.2, -0.15) is 5.10 Å². The van der Waals surface area contributed by atoms with Crippen molar-refractivity contribution in [3.05, 3.63) is 85.7 Å². The van der Waals surface area contributed by atoms with Crippen LogP contribution < -0.4 is 10.7 Å². The van der Waals surface area contributed by atoms with Crippen LogP contribution in [-0.2, 0) is 20.1 Å². The summed E-state index contributed by atoms with van der Waals surface area (Å²) in [7, 11) is 3.72. The Labute approximate surface area is 199 Å². The molecule has 0 fully saturated rings. The molecule has 1 aromatic carbocycles. The van der Waals surface area contributed by atoms with Gasteiger partial charge in [-0.05, 0) is 36.9 Å². The molecule has 4 aromatic rings. The number of thiophene rings is 1. The van der Waals surface area contributed by atoms with E-state index in [9.17, 15) is 14.7 Å². The number of H-pyrrole nitrogens is 1. The first-order valence-corrected chi connectivity index (χ1v) is 11.5. The molecule has 0 saturated heterocycles. The molecule has 0 aliphatic heterocycles. The van der Waals surface area contributed by atoms with E-state index in [1.54, 1.807) is 30.6 Å². The minimum atomic E-state index is -0.686. The largest absolute Gasteiger partial charge is 0.385 e. The monoisotopic (exact) mass is 485 g/mol. The molecule has 0 bridgehead atoms. The summed E-state index contributed by atoms with van der Waals surface area (Å²) < 4.78 is 1.81. The normalized spacial score (nSPS) is 12.4. The van der Waals surface area contributed by atoms with E-state index in [-0.39, 0.29) is 11.0 Å². The van der Waals surface area contributed by atoms with Crippen molar-refractivity contribution in [2.75, 3.05) is 13.6 Å². The number of aliphatic hydroxyl groups is 1. The minimum absolute atomic E-state index is 0.103. The maximum absolute atomic E-state index is 13.1. The molecule has 0 spiro atoms. The predicted octanol–water partition coefficient (Wildman–Crippen LogP) is 3.07. The SMILES string of the molecule is CN(Cc1cc2c(=O)c(C(=O)NCc3ccc(Cl)cc3)cn(C)c2s1)CC(O)c1ccn[nH]1. The van der Waals surface area contributed by atoms with Gasteiger partial charge < -0.3 is 15.0 Å². The lowest BCUT2D eigenvalue weighted by molar-refractivity contribution is 0.0949. The summed E-state index contributed by atoms with van der Waals surface area (Å²) in [5.74, 6) is -0.417. The third-order valence-electron chi connectivity index (χ3n) is 5.30. The van der Waals surface area contributed by atoms with Gasteiger partial charge in [0, 0.05) is 49.0 Å². The average molecular weight is 486 g/mol. The van der Waals surface area contributed by atoms with Crippen molar-refractivity contribution in [1.29, 1.82) is 0 Å². The number of aliphatic hydroxyl groups excluding tert-OH is 1. The van der Waals surface area contributed by atoms with E-state index in [2.05, 4.69) is 15.5 Å². The van der Waals surface area contributed by atoms with E-state index in [1.807, 2.05) is 41.8 Å². The van der Waals surface area contributed by atoms with E-state index in [4.69, 9.17) is 11.6 Å². The highest BCUT2D eigenvalue weighted by Gasteiger charge is 2.18. The first-order chi connectivity index (χ1) is 15.8. The van der Waals surface area contributed by atoms with Crippen LogP contribution in [0.2, 0.25) is 5.02 Å². The summed E-state index contributed by atoms with van der Waals surface area (Å²) >= 11 is 7.39. The van der Waals surface area contributed by atoms with Gasteiger partial charge in [-0.15, -0.1) is 11.3 Å². The molecule has 4 rings (SSSR count). The number of aromatic amines is 1. The number of fused-ring (bicyclic) bond motifs is 1. The second-order valence-corrected chi connectivity index (χ2v) is 9.50. The topological polar surface area (TPSA) is 103 Å². The molecule has 0 radical (unpaired) electrons. The molecule has 0 aliphatic carbocycles. The van der Waals surface area contributed by atoms with E-state index in [1.165, 1.54) is 11.3 Å². The van der Waals surface area contributed by atoms with Crippen LogP contribution in [0.15, 0.2) is 53.6 Å². The third kappa shape index (κ3) is 5.33. The fourth-order valence-electron chi connectivity index (χ4n) is 3.61. The highest BCUT2D eigenvalue weighted by atomic mass is 35.5. The second-order valence-electron chi connectivity index (χ2n) is 7.95. The van der Waals surface area contributed by atoms with Gasteiger partial charge in [0.25, 0.3) is 5.91 Å². The first kappa shape index (κ1) is 23.2. The predicted molar refractivity (Wildman–Crippen MR) is 130 cm³/mol. The number of likely N-dealkylation sites (N-methyl/N-ethyl adjacent to an activating group) is 1. The molecular formula is C23H24ClN5O3S. The fraction of sp³-hybridized carbons (Fsp3) is 0.261. The number of benzene rings is 1. The van der Waals surface area contributed by atoms with Gasteiger partial charge in [0.05, 0.1) is 11.1 Å². The zero-order chi connectivity index (χ0) is 23.5. The van der Waals surface area contributed by atoms with Crippen molar-refractivity contribution < 1.29 is 9.90 Å². The number of nitrogens with one attached hydrogen (secondary N) is 2. The smallest absolute Gasteiger partial charge is 0.257 e. The van der Waals surface area contributed by atoms with Crippen LogP contribution >= 0.6 is 22.9 Å². The van der Waals surface area contributed by atoms with Crippen LogP contribution in [0.25, 0.3) is 10.2 Å². The standard InChI is InChI=1S/C23H24ClN5O3S/c1-28(13-20(30)19-7-8-26-27-19)11-16-9-17-21(31)18(12-29(2)23(17)33-16)22(32)25-10-14-3-5-15(24)6-4-14/h3-9,12,20,30H,10-11,13H2,1-2H3,(H,25,32)(H,26,27). The highest BCUT2D eigenvalue weighted by Crippen LogP contribution is 2.25. The van der Waals surface area contributed by atoms with E-state index >= 15 is 0 Å². The van der Waals surface area contributed by atoms with Crippen LogP contribution in [0.1, 0.15) is 32.6 Å². The van der Waals surface area contributed by atoms with Crippen molar-refractivity contribution in [3.63, 3.8) is 0 Å². The minimum Gasteiger partial charge on any atom is -0.385 e. The number of carbonyl (C=O) groups is 1. The quantitative estimate of drug-likeness (QED) is 0.356. The van der Waals surface area contributed by atoms with Crippen molar-refractivity contribution in [3.8, 4) is 0 Å². The summed E-state index contributed by atoms with van der Waals surface area (Å²) in [6.45, 7) is 1.27. The second kappa shape index (κ2) is 9.88. The number of carbonyl (C=O) groups excluding carboxylic acids is 1. The van der Waals surface area contributed by atoms with Crippen LogP contribution in [-0.4, -0.2) is 44.3 Å². The van der Waals surface area contributed by atoms with Crippen LogP contribution in [0.4, 0.5) is 0 Å². The Balaban J connectivity index is 1.49. The van der Waals surface area contributed by atoms with Crippen LogP contribution in [0.3, 0.4) is 0 Å². The lowest BCUT2D eigenvalue weighted by Crippen LogP contribution is -2.29. The average Bonchev–Trinajstić information content (AvgIpc) is 3.46. The number of pyridine rings is 1. The zero-order valence-electron chi connectivity index (χ0n) is 18.2. The summed E-state index contributed by atoms with van der Waals surface area (Å²) in [5.41, 5.74) is 1.36. The Morgan fingerprint density at radius 1 is 1.33 bits per heavy atom. The molecule has 0 saturated carbocycles. The molecule has 3 heterocycles. The number of hydrogen-bond donors (Lipinski definition) is 3. The molecular weight excluding hydrogens is 462 g/mol. The molecule has 3 aromatic heterocycles. The number of nitrogens with zero attached hydrogens (tertiary/aromatic N) is 3. The van der Waals surface area contributed by atoms with Gasteiger partial charge in [-0.1, -0.05) is 23.7 Å². The number of halogens is 1. The Morgan fingerprint density at radius 2 is 2.09 bits per heavy atom. The van der Waals surface area contributed by atoms with Gasteiger partial charge in [0.1, 0.15) is 16.5 Å². The molecule has 0 aliphatic rings. The van der Waals surface area contributed by atoms with E-state index in [0.29, 0.717) is 35.7 Å². The van der Waals surface area contributed by atoms with Gasteiger partial charge in [-0.25, -0.2) is 0 Å². The van der Waals surface area contributed by atoms with Crippen LogP contribution in [0, 0.1) is 0 Å². The van der Waals surface area contributed by atoms with E-state index in [0.717, 1.165) is 15.3 Å². The number of amides is 1. The number of hydrogen-bond acceptors (Lipinski definition) is 6. The Bertz CT molecular complexity index is 1310. The summed E-state index contributed by atoms with van der Waals surface area (Å²) in [6.07, 6.45) is 2.49. The van der Waals surface area contributed by atoms with Gasteiger partial charge in [-0.3, -0.25) is 19.6 Å². The van der Waals surface area contributed by atoms with Gasteiger partial charge in [0.15, 0.2) is 0 Å².